The summed E-state index contributed by atoms with van der Waals surface area (Å²) in [5.41, 5.74) is 0.708. The van der Waals surface area contributed by atoms with Gasteiger partial charge in [-0.25, -0.2) is 0 Å². The Morgan fingerprint density at radius 1 is 1.12 bits per heavy atom. The molecule has 0 radical (unpaired) electrons. The van der Waals surface area contributed by atoms with Crippen LogP contribution in [0.4, 0.5) is 5.69 Å². The van der Waals surface area contributed by atoms with Crippen molar-refractivity contribution in [1.82, 2.24) is 4.57 Å². The average molecular weight is 465 g/mol. The Morgan fingerprint density at radius 2 is 1.85 bits per heavy atom. The van der Waals surface area contributed by atoms with Crippen LogP contribution in [-0.4, -0.2) is 35.1 Å². The number of benzene rings is 3. The van der Waals surface area contributed by atoms with Gasteiger partial charge in [-0.3, -0.25) is 19.7 Å². The highest BCUT2D eigenvalue weighted by molar-refractivity contribution is 7.16. The first kappa shape index (κ1) is 22.2. The van der Waals surface area contributed by atoms with Crippen LogP contribution < -0.4 is 9.54 Å². The minimum atomic E-state index is -0.559. The van der Waals surface area contributed by atoms with Crippen LogP contribution in [-0.2, 0) is 16.1 Å². The van der Waals surface area contributed by atoms with Crippen LogP contribution in [0.5, 0.6) is 5.75 Å². The number of carbonyl (C=O) groups excluding carboxylic acids is 2. The number of fused-ring (bicyclic) bond motifs is 2. The van der Waals surface area contributed by atoms with Gasteiger partial charge in [-0.2, -0.15) is 4.99 Å². The zero-order chi connectivity index (χ0) is 23.5. The summed E-state index contributed by atoms with van der Waals surface area (Å²) < 4.78 is 12.5. The number of rotatable bonds is 6. The number of amides is 1. The molecule has 0 saturated carbocycles. The van der Waals surface area contributed by atoms with Gasteiger partial charge in [-0.1, -0.05) is 35.6 Å². The standard InChI is InChI=1S/C23H19N3O6S/c1-3-32-21(27)13-25-18-9-8-16(26(29)30)12-20(18)33-23(25)24-22(28)17-10-14-6-4-5-7-15(14)11-19(17)31-2/h4-12H,3,13H2,1-2H3. The Balaban J connectivity index is 1.87. The van der Waals surface area contributed by atoms with Crippen molar-refractivity contribution in [2.45, 2.75) is 13.5 Å². The Labute approximate surface area is 191 Å². The van der Waals surface area contributed by atoms with Gasteiger partial charge >= 0.3 is 5.97 Å². The molecule has 0 aliphatic heterocycles. The molecule has 1 aromatic heterocycles. The number of hydrogen-bond acceptors (Lipinski definition) is 7. The molecule has 4 rings (SSSR count). The normalized spacial score (nSPS) is 11.6. The highest BCUT2D eigenvalue weighted by Crippen LogP contribution is 2.27. The lowest BCUT2D eigenvalue weighted by Crippen LogP contribution is -2.23. The number of nitro benzene ring substituents is 1. The zero-order valence-electron chi connectivity index (χ0n) is 17.8. The van der Waals surface area contributed by atoms with Crippen molar-refractivity contribution in [1.29, 1.82) is 0 Å². The minimum Gasteiger partial charge on any atom is -0.496 e. The molecule has 0 unspecified atom stereocenters. The maximum Gasteiger partial charge on any atom is 0.326 e. The third kappa shape index (κ3) is 4.46. The SMILES string of the molecule is CCOC(=O)Cn1c(=NC(=O)c2cc3ccccc3cc2OC)sc2cc([N+](=O)[O-])ccc21. The van der Waals surface area contributed by atoms with Crippen LogP contribution in [0, 0.1) is 10.1 Å². The number of ether oxygens (including phenoxy) is 2. The van der Waals surface area contributed by atoms with Gasteiger partial charge in [0.05, 0.1) is 34.4 Å². The number of hydrogen-bond donors (Lipinski definition) is 0. The summed E-state index contributed by atoms with van der Waals surface area (Å²) in [5.74, 6) is -0.694. The van der Waals surface area contributed by atoms with Gasteiger partial charge in [-0.05, 0) is 35.9 Å². The van der Waals surface area contributed by atoms with Crippen molar-refractivity contribution in [3.05, 3.63) is 75.1 Å². The molecule has 4 aromatic rings. The number of nitrogens with zero attached hydrogens (tertiary/aromatic N) is 3. The van der Waals surface area contributed by atoms with Gasteiger partial charge in [0.1, 0.15) is 12.3 Å². The second-order valence-corrected chi connectivity index (χ2v) is 8.01. The molecule has 0 spiro atoms. The van der Waals surface area contributed by atoms with Crippen LogP contribution >= 0.6 is 11.3 Å². The Hall–Kier alpha value is -4.05. The van der Waals surface area contributed by atoms with Gasteiger partial charge in [0.2, 0.25) is 0 Å². The fourth-order valence-corrected chi connectivity index (χ4v) is 4.51. The topological polar surface area (TPSA) is 113 Å². The molecule has 3 aromatic carbocycles. The molecule has 0 aliphatic rings. The molecular weight excluding hydrogens is 446 g/mol. The summed E-state index contributed by atoms with van der Waals surface area (Å²) in [5, 5.41) is 12.9. The van der Waals surface area contributed by atoms with E-state index in [0.29, 0.717) is 16.0 Å². The van der Waals surface area contributed by atoms with Gasteiger partial charge in [0.15, 0.2) is 4.80 Å². The highest BCUT2D eigenvalue weighted by Gasteiger charge is 2.17. The van der Waals surface area contributed by atoms with E-state index in [1.54, 1.807) is 19.1 Å². The van der Waals surface area contributed by atoms with Crippen molar-refractivity contribution >= 4 is 49.9 Å². The first-order valence-corrected chi connectivity index (χ1v) is 10.8. The van der Waals surface area contributed by atoms with Gasteiger partial charge in [0.25, 0.3) is 11.6 Å². The first-order valence-electron chi connectivity index (χ1n) is 10.0. The van der Waals surface area contributed by atoms with E-state index in [1.165, 1.54) is 29.9 Å². The molecule has 0 atom stereocenters. The van der Waals surface area contributed by atoms with E-state index in [0.717, 1.165) is 22.1 Å². The molecule has 0 fully saturated rings. The molecule has 10 heteroatoms. The highest BCUT2D eigenvalue weighted by atomic mass is 32.1. The number of methoxy groups -OCH3 is 1. The van der Waals surface area contributed by atoms with Crippen LogP contribution in [0.3, 0.4) is 0 Å². The quantitative estimate of drug-likeness (QED) is 0.241. The monoisotopic (exact) mass is 465 g/mol. The number of non-ortho nitro benzene ring substituents is 1. The second kappa shape index (κ2) is 9.21. The first-order chi connectivity index (χ1) is 15.9. The van der Waals surface area contributed by atoms with E-state index in [1.807, 2.05) is 24.3 Å². The summed E-state index contributed by atoms with van der Waals surface area (Å²) in [7, 11) is 1.47. The Morgan fingerprint density at radius 3 is 2.52 bits per heavy atom. The lowest BCUT2D eigenvalue weighted by Gasteiger charge is -2.08. The second-order valence-electron chi connectivity index (χ2n) is 7.00. The van der Waals surface area contributed by atoms with Gasteiger partial charge in [-0.15, -0.1) is 0 Å². The maximum atomic E-state index is 13.2. The van der Waals surface area contributed by atoms with Crippen molar-refractivity contribution in [3.8, 4) is 5.75 Å². The lowest BCUT2D eigenvalue weighted by molar-refractivity contribution is -0.384. The maximum absolute atomic E-state index is 13.2. The summed E-state index contributed by atoms with van der Waals surface area (Å²) >= 11 is 1.08. The molecule has 1 heterocycles. The van der Waals surface area contributed by atoms with E-state index in [4.69, 9.17) is 9.47 Å². The number of carbonyl (C=O) groups is 2. The van der Waals surface area contributed by atoms with E-state index in [2.05, 4.69) is 4.99 Å². The smallest absolute Gasteiger partial charge is 0.326 e. The van der Waals surface area contributed by atoms with Crippen LogP contribution in [0.1, 0.15) is 17.3 Å². The Kier molecular flexibility index (Phi) is 6.18. The lowest BCUT2D eigenvalue weighted by atomic mass is 10.1. The molecule has 168 valence electrons. The fourth-order valence-electron chi connectivity index (χ4n) is 3.45. The molecule has 0 aliphatic carbocycles. The molecule has 9 nitrogen and oxygen atoms in total. The van der Waals surface area contributed by atoms with Gasteiger partial charge in [0, 0.05) is 12.1 Å². The number of esters is 1. The van der Waals surface area contributed by atoms with Crippen LogP contribution in [0.25, 0.3) is 21.0 Å². The fraction of sp³-hybridized carbons (Fsp3) is 0.174. The summed E-state index contributed by atoms with van der Waals surface area (Å²) in [6.45, 7) is 1.71. The van der Waals surface area contributed by atoms with E-state index in [9.17, 15) is 19.7 Å². The van der Waals surface area contributed by atoms with Crippen LogP contribution in [0.2, 0.25) is 0 Å². The molecular formula is C23H19N3O6S. The summed E-state index contributed by atoms with van der Waals surface area (Å²) in [6, 6.07) is 15.3. The average Bonchev–Trinajstić information content (AvgIpc) is 3.14. The number of nitro groups is 1. The largest absolute Gasteiger partial charge is 0.496 e. The van der Waals surface area contributed by atoms with Gasteiger partial charge < -0.3 is 14.0 Å². The molecule has 0 saturated heterocycles. The van der Waals surface area contributed by atoms with Crippen LogP contribution in [0.15, 0.2) is 59.6 Å². The Bertz CT molecular complexity index is 1470. The predicted molar refractivity (Wildman–Crippen MR) is 123 cm³/mol. The summed E-state index contributed by atoms with van der Waals surface area (Å²) in [6.07, 6.45) is 0. The van der Waals surface area contributed by atoms with E-state index >= 15 is 0 Å². The predicted octanol–water partition coefficient (Wildman–Crippen LogP) is 4.08. The van der Waals surface area contributed by atoms with Crippen molar-refractivity contribution in [2.24, 2.45) is 4.99 Å². The minimum absolute atomic E-state index is 0.0962. The summed E-state index contributed by atoms with van der Waals surface area (Å²) in [4.78, 5) is 40.5. The van der Waals surface area contributed by atoms with Crippen molar-refractivity contribution < 1.29 is 24.0 Å². The molecule has 1 amide bonds. The zero-order valence-corrected chi connectivity index (χ0v) is 18.6. The number of thiazole rings is 1. The third-order valence-electron chi connectivity index (χ3n) is 4.97. The third-order valence-corrected chi connectivity index (χ3v) is 6.01. The van der Waals surface area contributed by atoms with Crippen molar-refractivity contribution in [2.75, 3.05) is 13.7 Å². The molecule has 0 bridgehead atoms. The molecule has 0 N–H and O–H groups in total. The van der Waals surface area contributed by atoms with E-state index < -0.39 is 16.8 Å². The molecule has 33 heavy (non-hydrogen) atoms. The van der Waals surface area contributed by atoms with Crippen molar-refractivity contribution in [3.63, 3.8) is 0 Å². The van der Waals surface area contributed by atoms with E-state index in [-0.39, 0.29) is 29.2 Å². The number of aromatic nitrogens is 1.